The Labute approximate surface area is 112 Å². The van der Waals surface area contributed by atoms with E-state index in [4.69, 9.17) is 15.2 Å². The summed E-state index contributed by atoms with van der Waals surface area (Å²) in [5.41, 5.74) is 5.98. The zero-order valence-electron chi connectivity index (χ0n) is 11.7. The van der Waals surface area contributed by atoms with E-state index < -0.39 is 11.8 Å². The molecule has 19 heavy (non-hydrogen) atoms. The predicted molar refractivity (Wildman–Crippen MR) is 71.5 cm³/mol. The van der Waals surface area contributed by atoms with Crippen molar-refractivity contribution in [3.05, 3.63) is 29.1 Å². The summed E-state index contributed by atoms with van der Waals surface area (Å²) in [6.45, 7) is 7.68. The third-order valence-electron chi connectivity index (χ3n) is 2.47. The van der Waals surface area contributed by atoms with Gasteiger partial charge in [-0.15, -0.1) is 0 Å². The minimum Gasteiger partial charge on any atom is -0.460 e. The Balaban J connectivity index is 2.55. The van der Waals surface area contributed by atoms with Gasteiger partial charge in [-0.05, 0) is 39.8 Å². The van der Waals surface area contributed by atoms with Gasteiger partial charge in [-0.3, -0.25) is 0 Å². The van der Waals surface area contributed by atoms with Crippen molar-refractivity contribution in [1.82, 2.24) is 0 Å². The van der Waals surface area contributed by atoms with Gasteiger partial charge in [-0.1, -0.05) is 0 Å². The van der Waals surface area contributed by atoms with Crippen LogP contribution in [0.5, 0.6) is 0 Å². The van der Waals surface area contributed by atoms with Crippen LogP contribution in [0.25, 0.3) is 0 Å². The van der Waals surface area contributed by atoms with E-state index in [0.717, 1.165) is 6.07 Å². The smallest absolute Gasteiger partial charge is 0.338 e. The molecule has 106 valence electrons. The van der Waals surface area contributed by atoms with E-state index >= 15 is 0 Å². The monoisotopic (exact) mass is 269 g/mol. The van der Waals surface area contributed by atoms with Gasteiger partial charge >= 0.3 is 5.97 Å². The molecule has 0 aromatic heterocycles. The highest BCUT2D eigenvalue weighted by Crippen LogP contribution is 2.18. The first kappa shape index (κ1) is 15.4. The normalized spacial score (nSPS) is 11.4. The number of hydrogen-bond acceptors (Lipinski definition) is 4. The van der Waals surface area contributed by atoms with Gasteiger partial charge in [0.05, 0.1) is 17.8 Å². The highest BCUT2D eigenvalue weighted by molar-refractivity contribution is 5.90. The molecular formula is C14H20FNO3. The predicted octanol–water partition coefficient (Wildman–Crippen LogP) is 2.69. The van der Waals surface area contributed by atoms with E-state index in [2.05, 4.69) is 0 Å². The van der Waals surface area contributed by atoms with Gasteiger partial charge < -0.3 is 15.2 Å². The van der Waals surface area contributed by atoms with Gasteiger partial charge in [-0.25, -0.2) is 9.18 Å². The molecule has 1 rings (SSSR count). The van der Waals surface area contributed by atoms with Crippen molar-refractivity contribution in [2.75, 3.05) is 18.9 Å². The van der Waals surface area contributed by atoms with E-state index in [0.29, 0.717) is 12.2 Å². The molecule has 0 aliphatic heterocycles. The lowest BCUT2D eigenvalue weighted by atomic mass is 10.1. The zero-order valence-corrected chi connectivity index (χ0v) is 11.7. The van der Waals surface area contributed by atoms with Gasteiger partial charge in [0.2, 0.25) is 0 Å². The molecule has 2 N–H and O–H groups in total. The van der Waals surface area contributed by atoms with E-state index in [1.54, 1.807) is 6.92 Å². The summed E-state index contributed by atoms with van der Waals surface area (Å²) < 4.78 is 23.8. The van der Waals surface area contributed by atoms with Crippen molar-refractivity contribution < 1.29 is 18.7 Å². The van der Waals surface area contributed by atoms with Gasteiger partial charge in [0.25, 0.3) is 0 Å². The fourth-order valence-corrected chi connectivity index (χ4v) is 1.38. The largest absolute Gasteiger partial charge is 0.460 e. The SMILES string of the molecule is Cc1c(N)cc(C(=O)OCCOC(C)(C)C)cc1F. The van der Waals surface area contributed by atoms with Gasteiger partial charge in [0, 0.05) is 11.3 Å². The topological polar surface area (TPSA) is 61.6 Å². The minimum atomic E-state index is -0.608. The number of benzene rings is 1. The summed E-state index contributed by atoms with van der Waals surface area (Å²) in [5, 5.41) is 0. The second kappa shape index (κ2) is 6.02. The molecule has 0 amide bonds. The summed E-state index contributed by atoms with van der Waals surface area (Å²) >= 11 is 0. The average molecular weight is 269 g/mol. The summed E-state index contributed by atoms with van der Waals surface area (Å²) in [7, 11) is 0. The Morgan fingerprint density at radius 2 is 1.95 bits per heavy atom. The third-order valence-corrected chi connectivity index (χ3v) is 2.47. The van der Waals surface area contributed by atoms with Crippen molar-refractivity contribution >= 4 is 11.7 Å². The van der Waals surface area contributed by atoms with Crippen molar-refractivity contribution in [2.24, 2.45) is 0 Å². The van der Waals surface area contributed by atoms with E-state index in [1.165, 1.54) is 6.07 Å². The first-order valence-electron chi connectivity index (χ1n) is 6.07. The molecule has 4 nitrogen and oxygen atoms in total. The van der Waals surface area contributed by atoms with Crippen LogP contribution in [0, 0.1) is 12.7 Å². The lowest BCUT2D eigenvalue weighted by Crippen LogP contribution is -2.22. The van der Waals surface area contributed by atoms with Crippen LogP contribution in [-0.2, 0) is 9.47 Å². The van der Waals surface area contributed by atoms with Crippen LogP contribution >= 0.6 is 0 Å². The molecule has 0 spiro atoms. The molecule has 0 atom stereocenters. The highest BCUT2D eigenvalue weighted by Gasteiger charge is 2.13. The molecule has 0 unspecified atom stereocenters. The fourth-order valence-electron chi connectivity index (χ4n) is 1.38. The second-order valence-corrected chi connectivity index (χ2v) is 5.27. The Morgan fingerprint density at radius 3 is 2.47 bits per heavy atom. The first-order chi connectivity index (χ1) is 8.70. The van der Waals surface area contributed by atoms with Crippen molar-refractivity contribution in [2.45, 2.75) is 33.3 Å². The van der Waals surface area contributed by atoms with Crippen molar-refractivity contribution in [1.29, 1.82) is 0 Å². The number of anilines is 1. The van der Waals surface area contributed by atoms with Crippen LogP contribution in [0.1, 0.15) is 36.7 Å². The maximum atomic E-state index is 13.4. The Hall–Kier alpha value is -1.62. The molecular weight excluding hydrogens is 249 g/mol. The molecule has 0 aliphatic rings. The summed E-state index contributed by atoms with van der Waals surface area (Å²) in [4.78, 5) is 11.7. The van der Waals surface area contributed by atoms with Gasteiger partial charge in [-0.2, -0.15) is 0 Å². The number of rotatable bonds is 4. The van der Waals surface area contributed by atoms with Crippen molar-refractivity contribution in [3.8, 4) is 0 Å². The molecule has 5 heteroatoms. The molecule has 0 radical (unpaired) electrons. The number of carbonyl (C=O) groups is 1. The van der Waals surface area contributed by atoms with E-state index in [9.17, 15) is 9.18 Å². The Kier molecular flexibility index (Phi) is 4.89. The first-order valence-corrected chi connectivity index (χ1v) is 6.07. The summed E-state index contributed by atoms with van der Waals surface area (Å²) in [6.07, 6.45) is 0. The molecule has 0 saturated carbocycles. The Morgan fingerprint density at radius 1 is 1.32 bits per heavy atom. The van der Waals surface area contributed by atoms with Crippen LogP contribution < -0.4 is 5.73 Å². The van der Waals surface area contributed by atoms with Crippen LogP contribution in [0.3, 0.4) is 0 Å². The molecule has 0 fully saturated rings. The third kappa shape index (κ3) is 4.87. The molecule has 1 aromatic carbocycles. The molecule has 0 bridgehead atoms. The molecule has 0 heterocycles. The number of ether oxygens (including phenoxy) is 2. The second-order valence-electron chi connectivity index (χ2n) is 5.27. The minimum absolute atomic E-state index is 0.108. The zero-order chi connectivity index (χ0) is 14.6. The standard InChI is InChI=1S/C14H20FNO3/c1-9-11(15)7-10(8-12(9)16)13(17)18-5-6-19-14(2,3)4/h7-8H,5-6,16H2,1-4H3. The maximum Gasteiger partial charge on any atom is 0.338 e. The summed E-state index contributed by atoms with van der Waals surface area (Å²) in [6, 6.07) is 2.53. The molecule has 0 aliphatic carbocycles. The van der Waals surface area contributed by atoms with Crippen LogP contribution in [0.4, 0.5) is 10.1 Å². The molecule has 1 aromatic rings. The quantitative estimate of drug-likeness (QED) is 0.518. The highest BCUT2D eigenvalue weighted by atomic mass is 19.1. The summed E-state index contributed by atoms with van der Waals surface area (Å²) in [5.74, 6) is -1.12. The van der Waals surface area contributed by atoms with Crippen LogP contribution in [-0.4, -0.2) is 24.8 Å². The van der Waals surface area contributed by atoms with E-state index in [-0.39, 0.29) is 23.5 Å². The number of halogens is 1. The van der Waals surface area contributed by atoms with Crippen molar-refractivity contribution in [3.63, 3.8) is 0 Å². The van der Waals surface area contributed by atoms with Crippen LogP contribution in [0.15, 0.2) is 12.1 Å². The lowest BCUT2D eigenvalue weighted by molar-refractivity contribution is -0.0281. The number of nitrogens with two attached hydrogens (primary N) is 1. The lowest BCUT2D eigenvalue weighted by Gasteiger charge is -2.19. The number of hydrogen-bond donors (Lipinski definition) is 1. The maximum absolute atomic E-state index is 13.4. The molecule has 0 saturated heterocycles. The Bertz CT molecular complexity index is 443. The van der Waals surface area contributed by atoms with E-state index in [1.807, 2.05) is 20.8 Å². The number of nitrogen functional groups attached to an aromatic ring is 1. The van der Waals surface area contributed by atoms with Gasteiger partial charge in [0.1, 0.15) is 12.4 Å². The average Bonchev–Trinajstić information content (AvgIpc) is 2.29. The van der Waals surface area contributed by atoms with Gasteiger partial charge in [0.15, 0.2) is 0 Å². The van der Waals surface area contributed by atoms with Crippen LogP contribution in [0.2, 0.25) is 0 Å². The number of esters is 1. The number of carbonyl (C=O) groups excluding carboxylic acids is 1. The fraction of sp³-hybridized carbons (Fsp3) is 0.500.